The van der Waals surface area contributed by atoms with Gasteiger partial charge >= 0.3 is 6.03 Å². The van der Waals surface area contributed by atoms with Gasteiger partial charge in [0.25, 0.3) is 5.91 Å². The SMILES string of the molecule is O=C1NC[C@H](C(=O)Nc2nc(-c3ccc(F)cc3)cs2)N1. The summed E-state index contributed by atoms with van der Waals surface area (Å²) in [7, 11) is 0. The average Bonchev–Trinajstić information content (AvgIpc) is 3.09. The monoisotopic (exact) mass is 306 g/mol. The minimum Gasteiger partial charge on any atom is -0.336 e. The quantitative estimate of drug-likeness (QED) is 0.805. The van der Waals surface area contributed by atoms with E-state index in [-0.39, 0.29) is 24.3 Å². The number of benzene rings is 1. The Morgan fingerprint density at radius 3 is 2.81 bits per heavy atom. The third-order valence-corrected chi connectivity index (χ3v) is 3.72. The van der Waals surface area contributed by atoms with Crippen molar-refractivity contribution in [3.05, 3.63) is 35.5 Å². The molecule has 0 spiro atoms. The lowest BCUT2D eigenvalue weighted by Gasteiger charge is -2.06. The predicted molar refractivity (Wildman–Crippen MR) is 76.5 cm³/mol. The molecule has 21 heavy (non-hydrogen) atoms. The van der Waals surface area contributed by atoms with Gasteiger partial charge in [-0.1, -0.05) is 0 Å². The van der Waals surface area contributed by atoms with Crippen LogP contribution >= 0.6 is 11.3 Å². The van der Waals surface area contributed by atoms with Crippen molar-refractivity contribution in [1.29, 1.82) is 0 Å². The molecular formula is C13H11FN4O2S. The van der Waals surface area contributed by atoms with Crippen LogP contribution in [0.3, 0.4) is 0 Å². The lowest BCUT2D eigenvalue weighted by atomic mass is 10.2. The Morgan fingerprint density at radius 1 is 1.38 bits per heavy atom. The summed E-state index contributed by atoms with van der Waals surface area (Å²) in [5, 5.41) is 9.85. The number of carbonyl (C=O) groups excluding carboxylic acids is 2. The number of urea groups is 1. The second-order valence-electron chi connectivity index (χ2n) is 4.44. The van der Waals surface area contributed by atoms with E-state index >= 15 is 0 Å². The Hall–Kier alpha value is -2.48. The molecule has 1 aliphatic heterocycles. The fourth-order valence-corrected chi connectivity index (χ4v) is 2.61. The van der Waals surface area contributed by atoms with Crippen LogP contribution in [0, 0.1) is 5.82 Å². The summed E-state index contributed by atoms with van der Waals surface area (Å²) in [6.45, 7) is 0.251. The molecule has 1 atom stereocenters. The summed E-state index contributed by atoms with van der Waals surface area (Å²) < 4.78 is 12.9. The van der Waals surface area contributed by atoms with Crippen molar-refractivity contribution in [3.8, 4) is 11.3 Å². The number of nitrogens with one attached hydrogen (secondary N) is 3. The molecule has 0 unspecified atom stereocenters. The first-order valence-corrected chi connectivity index (χ1v) is 7.06. The van der Waals surface area contributed by atoms with Crippen molar-refractivity contribution in [2.75, 3.05) is 11.9 Å². The number of halogens is 1. The molecule has 6 nitrogen and oxygen atoms in total. The van der Waals surface area contributed by atoms with Gasteiger partial charge < -0.3 is 16.0 Å². The van der Waals surface area contributed by atoms with Crippen LogP contribution < -0.4 is 16.0 Å². The van der Waals surface area contributed by atoms with Gasteiger partial charge in [0.1, 0.15) is 11.9 Å². The Morgan fingerprint density at radius 2 is 2.14 bits per heavy atom. The minimum absolute atomic E-state index is 0.251. The summed E-state index contributed by atoms with van der Waals surface area (Å²) in [6.07, 6.45) is 0. The van der Waals surface area contributed by atoms with E-state index in [1.54, 1.807) is 17.5 Å². The number of nitrogens with zero attached hydrogens (tertiary/aromatic N) is 1. The fourth-order valence-electron chi connectivity index (χ4n) is 1.89. The van der Waals surface area contributed by atoms with Crippen LogP contribution in [-0.2, 0) is 4.79 Å². The van der Waals surface area contributed by atoms with Crippen LogP contribution in [0.2, 0.25) is 0 Å². The van der Waals surface area contributed by atoms with E-state index < -0.39 is 6.04 Å². The maximum Gasteiger partial charge on any atom is 0.315 e. The highest BCUT2D eigenvalue weighted by atomic mass is 32.1. The first kappa shape index (κ1) is 13.5. The molecule has 2 aromatic rings. The Labute approximate surface area is 123 Å². The van der Waals surface area contributed by atoms with Gasteiger partial charge in [-0.05, 0) is 24.3 Å². The van der Waals surface area contributed by atoms with Crippen molar-refractivity contribution in [2.45, 2.75) is 6.04 Å². The predicted octanol–water partition coefficient (Wildman–Crippen LogP) is 1.57. The van der Waals surface area contributed by atoms with Crippen LogP contribution in [0.15, 0.2) is 29.6 Å². The van der Waals surface area contributed by atoms with Crippen LogP contribution in [0.1, 0.15) is 0 Å². The number of anilines is 1. The van der Waals surface area contributed by atoms with Crippen molar-refractivity contribution in [1.82, 2.24) is 15.6 Å². The topological polar surface area (TPSA) is 83.1 Å². The molecule has 3 amide bonds. The molecule has 8 heteroatoms. The second kappa shape index (κ2) is 5.49. The number of amides is 3. The Bertz CT molecular complexity index is 686. The van der Waals surface area contributed by atoms with E-state index in [2.05, 4.69) is 20.9 Å². The van der Waals surface area contributed by atoms with Gasteiger partial charge in [0, 0.05) is 17.5 Å². The molecule has 108 valence electrons. The molecule has 2 heterocycles. The van der Waals surface area contributed by atoms with Crippen molar-refractivity contribution in [2.24, 2.45) is 0 Å². The Balaban J connectivity index is 1.69. The molecule has 1 aromatic carbocycles. The molecule has 0 radical (unpaired) electrons. The number of thiazole rings is 1. The lowest BCUT2D eigenvalue weighted by molar-refractivity contribution is -0.117. The fraction of sp³-hybridized carbons (Fsp3) is 0.154. The number of aromatic nitrogens is 1. The highest BCUT2D eigenvalue weighted by Crippen LogP contribution is 2.25. The summed E-state index contributed by atoms with van der Waals surface area (Å²) in [5.41, 5.74) is 1.42. The van der Waals surface area contributed by atoms with Crippen LogP contribution in [0.5, 0.6) is 0 Å². The van der Waals surface area contributed by atoms with E-state index in [9.17, 15) is 14.0 Å². The highest BCUT2D eigenvalue weighted by molar-refractivity contribution is 7.14. The van der Waals surface area contributed by atoms with Gasteiger partial charge in [0.2, 0.25) is 0 Å². The largest absolute Gasteiger partial charge is 0.336 e. The van der Waals surface area contributed by atoms with Crippen LogP contribution in [0.25, 0.3) is 11.3 Å². The molecule has 0 aliphatic carbocycles. The lowest BCUT2D eigenvalue weighted by Crippen LogP contribution is -2.38. The summed E-state index contributed by atoms with van der Waals surface area (Å²) in [6, 6.07) is 4.99. The number of hydrogen-bond acceptors (Lipinski definition) is 4. The molecular weight excluding hydrogens is 295 g/mol. The summed E-state index contributed by atoms with van der Waals surface area (Å²) >= 11 is 1.27. The first-order valence-electron chi connectivity index (χ1n) is 6.18. The molecule has 0 saturated carbocycles. The third-order valence-electron chi connectivity index (χ3n) is 2.96. The van der Waals surface area contributed by atoms with Gasteiger partial charge in [-0.15, -0.1) is 11.3 Å². The number of hydrogen-bond donors (Lipinski definition) is 3. The van der Waals surface area contributed by atoms with Gasteiger partial charge in [-0.2, -0.15) is 0 Å². The Kier molecular flexibility index (Phi) is 3.53. The van der Waals surface area contributed by atoms with Gasteiger partial charge in [-0.25, -0.2) is 14.2 Å². The highest BCUT2D eigenvalue weighted by Gasteiger charge is 2.27. The van der Waals surface area contributed by atoms with E-state index in [1.165, 1.54) is 23.5 Å². The van der Waals surface area contributed by atoms with E-state index in [0.717, 1.165) is 5.56 Å². The van der Waals surface area contributed by atoms with Crippen LogP contribution in [0.4, 0.5) is 14.3 Å². The van der Waals surface area contributed by atoms with Gasteiger partial charge in [-0.3, -0.25) is 4.79 Å². The maximum absolute atomic E-state index is 12.9. The standard InChI is InChI=1S/C13H11FN4O2S/c14-8-3-1-7(2-4-8)10-6-21-13(17-10)18-11(19)9-5-15-12(20)16-9/h1-4,6,9H,5H2,(H2,15,16,20)(H,17,18,19)/t9-/m1/s1. The summed E-state index contributed by atoms with van der Waals surface area (Å²) in [4.78, 5) is 27.2. The van der Waals surface area contributed by atoms with Gasteiger partial charge in [0.05, 0.1) is 5.69 Å². The molecule has 3 N–H and O–H groups in total. The zero-order valence-electron chi connectivity index (χ0n) is 10.7. The number of rotatable bonds is 3. The van der Waals surface area contributed by atoms with Crippen molar-refractivity contribution in [3.63, 3.8) is 0 Å². The normalized spacial score (nSPS) is 17.2. The van der Waals surface area contributed by atoms with E-state index in [1.807, 2.05) is 0 Å². The van der Waals surface area contributed by atoms with Crippen molar-refractivity contribution >= 4 is 28.4 Å². The molecule has 3 rings (SSSR count). The van der Waals surface area contributed by atoms with Gasteiger partial charge in [0.15, 0.2) is 5.13 Å². The molecule has 1 fully saturated rings. The minimum atomic E-state index is -0.601. The zero-order chi connectivity index (χ0) is 14.8. The molecule has 1 saturated heterocycles. The molecule has 0 bridgehead atoms. The third kappa shape index (κ3) is 3.00. The summed E-state index contributed by atoms with van der Waals surface area (Å²) in [5.74, 6) is -0.639. The smallest absolute Gasteiger partial charge is 0.315 e. The molecule has 1 aliphatic rings. The van der Waals surface area contributed by atoms with E-state index in [0.29, 0.717) is 10.8 Å². The zero-order valence-corrected chi connectivity index (χ0v) is 11.5. The van der Waals surface area contributed by atoms with E-state index in [4.69, 9.17) is 0 Å². The average molecular weight is 306 g/mol. The first-order chi connectivity index (χ1) is 10.1. The molecule has 1 aromatic heterocycles. The van der Waals surface area contributed by atoms with Crippen molar-refractivity contribution < 1.29 is 14.0 Å². The van der Waals surface area contributed by atoms with Crippen LogP contribution in [-0.4, -0.2) is 29.5 Å². The second-order valence-corrected chi connectivity index (χ2v) is 5.30. The maximum atomic E-state index is 12.9. The number of carbonyl (C=O) groups is 2.